The second kappa shape index (κ2) is 4.48. The molecule has 8 heteroatoms. The molecule has 0 radical (unpaired) electrons. The van der Waals surface area contributed by atoms with Crippen molar-refractivity contribution in [1.29, 1.82) is 5.26 Å². The topological polar surface area (TPSA) is 86.9 Å². The molecule has 0 bridgehead atoms. The third-order valence-corrected chi connectivity index (χ3v) is 4.27. The van der Waals surface area contributed by atoms with Crippen LogP contribution in [0.5, 0.6) is 0 Å². The van der Waals surface area contributed by atoms with Crippen LogP contribution in [0.2, 0.25) is 0 Å². The normalized spacial score (nSPS) is 10.8. The molecule has 0 unspecified atom stereocenters. The maximum absolute atomic E-state index is 12.1. The maximum atomic E-state index is 12.1. The van der Waals surface area contributed by atoms with Gasteiger partial charge in [-0.3, -0.25) is 0 Å². The van der Waals surface area contributed by atoms with Crippen molar-refractivity contribution >= 4 is 26.7 Å². The highest BCUT2D eigenvalue weighted by atomic mass is 32.2. The number of nitrogens with zero attached hydrogens (tertiary/aromatic N) is 4. The lowest BCUT2D eigenvalue weighted by Crippen LogP contribution is -2.25. The summed E-state index contributed by atoms with van der Waals surface area (Å²) in [6.07, 6.45) is 2.80. The van der Waals surface area contributed by atoms with Gasteiger partial charge in [0.05, 0.1) is 4.90 Å². The molecule has 0 amide bonds. The van der Waals surface area contributed by atoms with E-state index in [1.165, 1.54) is 18.5 Å². The Hall–Kier alpha value is -1.98. The number of anilines is 1. The van der Waals surface area contributed by atoms with Crippen molar-refractivity contribution in [2.75, 3.05) is 4.31 Å². The minimum Gasteiger partial charge on any atom is -0.205 e. The predicted molar refractivity (Wildman–Crippen MR) is 61.6 cm³/mol. The van der Waals surface area contributed by atoms with Gasteiger partial charge in [-0.15, -0.1) is 4.31 Å². The van der Waals surface area contributed by atoms with Gasteiger partial charge < -0.3 is 0 Å². The van der Waals surface area contributed by atoms with Gasteiger partial charge in [0.15, 0.2) is 0 Å². The van der Waals surface area contributed by atoms with Crippen molar-refractivity contribution < 1.29 is 8.42 Å². The molecular formula is C9H6N4O2S2. The van der Waals surface area contributed by atoms with Crippen LogP contribution in [0.3, 0.4) is 0 Å². The Morgan fingerprint density at radius 2 is 2.00 bits per heavy atom. The average Bonchev–Trinajstić information content (AvgIpc) is 2.84. The molecule has 86 valence electrons. The second-order valence-electron chi connectivity index (χ2n) is 2.91. The van der Waals surface area contributed by atoms with Gasteiger partial charge in [0, 0.05) is 11.5 Å². The third kappa shape index (κ3) is 2.11. The Labute approximate surface area is 102 Å². The third-order valence-electron chi connectivity index (χ3n) is 1.90. The van der Waals surface area contributed by atoms with Crippen LogP contribution in [-0.4, -0.2) is 17.8 Å². The highest BCUT2D eigenvalue weighted by Crippen LogP contribution is 2.22. The van der Waals surface area contributed by atoms with Gasteiger partial charge in [0.2, 0.25) is 11.3 Å². The lowest BCUT2D eigenvalue weighted by atomic mass is 10.4. The van der Waals surface area contributed by atoms with Crippen LogP contribution in [0.15, 0.2) is 41.6 Å². The number of sulfonamides is 1. The van der Waals surface area contributed by atoms with E-state index in [1.54, 1.807) is 24.4 Å². The summed E-state index contributed by atoms with van der Waals surface area (Å²) in [4.78, 5) is 3.75. The van der Waals surface area contributed by atoms with Crippen LogP contribution >= 0.6 is 11.5 Å². The minimum absolute atomic E-state index is 0.0244. The molecule has 6 nitrogen and oxygen atoms in total. The molecule has 0 aliphatic carbocycles. The number of hydrogen-bond donors (Lipinski definition) is 0. The smallest absolute Gasteiger partial charge is 0.205 e. The van der Waals surface area contributed by atoms with E-state index in [0.717, 1.165) is 11.5 Å². The Kier molecular flexibility index (Phi) is 3.03. The minimum atomic E-state index is -3.89. The van der Waals surface area contributed by atoms with E-state index < -0.39 is 10.0 Å². The standard InChI is InChI=1S/C9H6N4O2S2/c10-6-13(9-11-7-12-16-9)17(14,15)8-4-2-1-3-5-8/h1-5,7H. The zero-order valence-electron chi connectivity index (χ0n) is 8.39. The maximum Gasteiger partial charge on any atom is 0.278 e. The van der Waals surface area contributed by atoms with Crippen LogP contribution in [0.25, 0.3) is 0 Å². The molecule has 1 aromatic heterocycles. The molecule has 0 N–H and O–H groups in total. The van der Waals surface area contributed by atoms with E-state index >= 15 is 0 Å². The van der Waals surface area contributed by atoms with Crippen LogP contribution in [0, 0.1) is 11.5 Å². The molecule has 0 atom stereocenters. The van der Waals surface area contributed by atoms with Crippen molar-refractivity contribution in [2.45, 2.75) is 4.90 Å². The summed E-state index contributed by atoms with van der Waals surface area (Å²) in [5.74, 6) is 0. The molecule has 2 aromatic rings. The van der Waals surface area contributed by atoms with E-state index in [0.29, 0.717) is 4.31 Å². The van der Waals surface area contributed by atoms with Gasteiger partial charge in [-0.1, -0.05) is 18.2 Å². The lowest BCUT2D eigenvalue weighted by Gasteiger charge is -2.11. The molecule has 0 aliphatic heterocycles. The summed E-state index contributed by atoms with van der Waals surface area (Å²) in [5.41, 5.74) is 0. The first-order chi connectivity index (χ1) is 8.16. The zero-order valence-corrected chi connectivity index (χ0v) is 10.0. The van der Waals surface area contributed by atoms with E-state index in [9.17, 15) is 8.42 Å². The highest BCUT2D eigenvalue weighted by molar-refractivity contribution is 7.93. The average molecular weight is 266 g/mol. The van der Waals surface area contributed by atoms with Gasteiger partial charge in [0.25, 0.3) is 10.0 Å². The summed E-state index contributed by atoms with van der Waals surface area (Å²) in [6.45, 7) is 0. The summed E-state index contributed by atoms with van der Waals surface area (Å²) in [7, 11) is -3.89. The van der Waals surface area contributed by atoms with E-state index in [-0.39, 0.29) is 10.0 Å². The fourth-order valence-electron chi connectivity index (χ4n) is 1.15. The van der Waals surface area contributed by atoms with E-state index in [1.807, 2.05) is 0 Å². The van der Waals surface area contributed by atoms with E-state index in [4.69, 9.17) is 5.26 Å². The van der Waals surface area contributed by atoms with Crippen LogP contribution in [-0.2, 0) is 10.0 Å². The Bertz CT molecular complexity index is 631. The first kappa shape index (κ1) is 11.5. The number of benzene rings is 1. The molecule has 0 aliphatic rings. The number of rotatable bonds is 3. The van der Waals surface area contributed by atoms with Crippen LogP contribution in [0.4, 0.5) is 5.13 Å². The molecule has 1 aromatic carbocycles. The predicted octanol–water partition coefficient (Wildman–Crippen LogP) is 1.21. The first-order valence-electron chi connectivity index (χ1n) is 4.43. The summed E-state index contributed by atoms with van der Waals surface area (Å²) in [6, 6.07) is 7.70. The second-order valence-corrected chi connectivity index (χ2v) is 5.45. The SMILES string of the molecule is N#CN(c1ncns1)S(=O)(=O)c1ccccc1. The van der Waals surface area contributed by atoms with Gasteiger partial charge in [-0.05, 0) is 12.1 Å². The van der Waals surface area contributed by atoms with Gasteiger partial charge in [-0.25, -0.2) is 4.98 Å². The quantitative estimate of drug-likeness (QED) is 0.615. The number of aromatic nitrogens is 2. The fraction of sp³-hybridized carbons (Fsp3) is 0. The molecule has 1 heterocycles. The van der Waals surface area contributed by atoms with Crippen molar-refractivity contribution in [1.82, 2.24) is 9.36 Å². The summed E-state index contributed by atoms with van der Waals surface area (Å²) >= 11 is 0.840. The lowest BCUT2D eigenvalue weighted by molar-refractivity contribution is 0.596. The largest absolute Gasteiger partial charge is 0.278 e. The zero-order chi connectivity index (χ0) is 12.3. The molecule has 0 fully saturated rings. The Morgan fingerprint density at radius 3 is 2.53 bits per heavy atom. The molecule has 0 saturated heterocycles. The fourth-order valence-corrected chi connectivity index (χ4v) is 3.02. The summed E-state index contributed by atoms with van der Waals surface area (Å²) < 4.78 is 28.4. The van der Waals surface area contributed by atoms with E-state index in [2.05, 4.69) is 9.36 Å². The Morgan fingerprint density at radius 1 is 1.29 bits per heavy atom. The number of nitriles is 1. The highest BCUT2D eigenvalue weighted by Gasteiger charge is 2.27. The molecule has 0 spiro atoms. The van der Waals surface area contributed by atoms with Gasteiger partial charge >= 0.3 is 0 Å². The van der Waals surface area contributed by atoms with Crippen molar-refractivity contribution in [3.05, 3.63) is 36.7 Å². The molecule has 17 heavy (non-hydrogen) atoms. The monoisotopic (exact) mass is 266 g/mol. The van der Waals surface area contributed by atoms with Crippen LogP contribution < -0.4 is 4.31 Å². The molecular weight excluding hydrogens is 260 g/mol. The van der Waals surface area contributed by atoms with Gasteiger partial charge in [-0.2, -0.15) is 18.1 Å². The first-order valence-corrected chi connectivity index (χ1v) is 6.64. The van der Waals surface area contributed by atoms with Crippen molar-refractivity contribution in [3.63, 3.8) is 0 Å². The molecule has 0 saturated carbocycles. The number of hydrogen-bond acceptors (Lipinski definition) is 6. The molecule has 2 rings (SSSR count). The van der Waals surface area contributed by atoms with Crippen molar-refractivity contribution in [3.8, 4) is 6.19 Å². The van der Waals surface area contributed by atoms with Crippen LogP contribution in [0.1, 0.15) is 0 Å². The summed E-state index contributed by atoms with van der Waals surface area (Å²) in [5, 5.41) is 8.95. The Balaban J connectivity index is 2.50. The van der Waals surface area contributed by atoms with Crippen molar-refractivity contribution in [2.24, 2.45) is 0 Å². The van der Waals surface area contributed by atoms with Gasteiger partial charge in [0.1, 0.15) is 6.33 Å².